The number of ketones is 1. The van der Waals surface area contributed by atoms with E-state index < -0.39 is 44.4 Å². The highest BCUT2D eigenvalue weighted by atomic mass is 28.4. The molecule has 2 aliphatic carbocycles. The molecule has 3 aliphatic rings. The highest BCUT2D eigenvalue weighted by Crippen LogP contribution is 2.53. The molecule has 5 rings (SSSR count). The summed E-state index contributed by atoms with van der Waals surface area (Å²) in [5.41, 5.74) is 1.69. The van der Waals surface area contributed by atoms with Gasteiger partial charge in [0.2, 0.25) is 0 Å². The molecule has 50 heavy (non-hydrogen) atoms. The van der Waals surface area contributed by atoms with Crippen LogP contribution in [0.4, 0.5) is 0 Å². The molecule has 0 unspecified atom stereocenters. The zero-order valence-electron chi connectivity index (χ0n) is 31.2. The van der Waals surface area contributed by atoms with E-state index in [1.807, 2.05) is 60.7 Å². The molecule has 2 fully saturated rings. The number of allylic oxidation sites excluding steroid dienone is 1. The van der Waals surface area contributed by atoms with Gasteiger partial charge in [-0.3, -0.25) is 10.1 Å². The summed E-state index contributed by atoms with van der Waals surface area (Å²) >= 11 is 0. The molecule has 2 aromatic carbocycles. The molecule has 0 amide bonds. The first-order valence-electron chi connectivity index (χ1n) is 18.0. The number of carbonyl (C=O) groups is 1. The van der Waals surface area contributed by atoms with E-state index in [0.29, 0.717) is 19.6 Å². The molecule has 1 N–H and O–H groups in total. The van der Waals surface area contributed by atoms with Gasteiger partial charge in [-0.2, -0.15) is 0 Å². The fourth-order valence-corrected chi connectivity index (χ4v) is 8.65. The average Bonchev–Trinajstić information content (AvgIpc) is 3.39. The van der Waals surface area contributed by atoms with E-state index in [1.54, 1.807) is 0 Å². The molecular formula is C40H58O9Si. The van der Waals surface area contributed by atoms with Crippen molar-refractivity contribution in [3.05, 3.63) is 83.4 Å². The van der Waals surface area contributed by atoms with Crippen LogP contribution >= 0.6 is 0 Å². The van der Waals surface area contributed by atoms with Crippen LogP contribution in [0, 0.1) is 17.3 Å². The number of carbonyl (C=O) groups excluding carboxylic acids is 1. The number of benzene rings is 2. The van der Waals surface area contributed by atoms with Gasteiger partial charge >= 0.3 is 0 Å². The van der Waals surface area contributed by atoms with Crippen LogP contribution in [0.25, 0.3) is 0 Å². The lowest BCUT2D eigenvalue weighted by atomic mass is 9.73. The smallest absolute Gasteiger partial charge is 0.193 e. The van der Waals surface area contributed by atoms with Crippen molar-refractivity contribution in [1.82, 2.24) is 0 Å². The molecule has 0 aromatic heterocycles. The first-order chi connectivity index (χ1) is 23.7. The van der Waals surface area contributed by atoms with Crippen molar-refractivity contribution in [1.29, 1.82) is 0 Å². The number of fused-ring (bicyclic) bond motifs is 2. The van der Waals surface area contributed by atoms with Gasteiger partial charge in [-0.05, 0) is 54.8 Å². The summed E-state index contributed by atoms with van der Waals surface area (Å²) in [5, 5.41) is 10.4. The Labute approximate surface area is 299 Å². The van der Waals surface area contributed by atoms with E-state index in [1.165, 1.54) is 12.7 Å². The van der Waals surface area contributed by atoms with E-state index in [9.17, 15) is 10.1 Å². The lowest BCUT2D eigenvalue weighted by Gasteiger charge is -2.50. The highest BCUT2D eigenvalue weighted by molar-refractivity contribution is 6.74. The van der Waals surface area contributed by atoms with E-state index in [-0.39, 0.29) is 42.0 Å². The monoisotopic (exact) mass is 710 g/mol. The van der Waals surface area contributed by atoms with E-state index in [0.717, 1.165) is 24.0 Å². The summed E-state index contributed by atoms with van der Waals surface area (Å²) in [4.78, 5) is 19.3. The van der Waals surface area contributed by atoms with Gasteiger partial charge in [-0.15, -0.1) is 0 Å². The molecule has 0 spiro atoms. The van der Waals surface area contributed by atoms with Crippen LogP contribution in [0.5, 0.6) is 0 Å². The number of methoxy groups -OCH3 is 1. The zero-order valence-corrected chi connectivity index (χ0v) is 32.2. The maximum Gasteiger partial charge on any atom is 0.193 e. The van der Waals surface area contributed by atoms with Crippen molar-refractivity contribution in [2.75, 3.05) is 27.1 Å². The average molecular weight is 711 g/mol. The van der Waals surface area contributed by atoms with Gasteiger partial charge in [0.25, 0.3) is 0 Å². The molecule has 1 saturated carbocycles. The van der Waals surface area contributed by atoms with Gasteiger partial charge in [0.1, 0.15) is 18.5 Å². The minimum absolute atomic E-state index is 0.0351. The molecule has 2 bridgehead atoms. The van der Waals surface area contributed by atoms with Crippen molar-refractivity contribution in [2.45, 2.75) is 115 Å². The summed E-state index contributed by atoms with van der Waals surface area (Å²) in [6.07, 6.45) is 1.44. The Morgan fingerprint density at radius 2 is 1.70 bits per heavy atom. The molecule has 10 heteroatoms. The molecule has 2 aromatic rings. The number of Topliss-reactive ketones (excluding diaryl/α,β-unsaturated/α-hetero) is 1. The van der Waals surface area contributed by atoms with Crippen molar-refractivity contribution in [2.24, 2.45) is 17.3 Å². The van der Waals surface area contributed by atoms with Crippen LogP contribution in [0.15, 0.2) is 72.3 Å². The van der Waals surface area contributed by atoms with Crippen LogP contribution in [0.3, 0.4) is 0 Å². The fourth-order valence-electron chi connectivity index (χ4n) is 7.59. The normalized spacial score (nSPS) is 31.4. The van der Waals surface area contributed by atoms with Crippen molar-refractivity contribution in [3.63, 3.8) is 0 Å². The molecular weight excluding hydrogens is 653 g/mol. The topological polar surface area (TPSA) is 102 Å². The van der Waals surface area contributed by atoms with E-state index >= 15 is 0 Å². The second-order valence-electron chi connectivity index (χ2n) is 16.2. The molecule has 276 valence electrons. The minimum Gasteiger partial charge on any atom is -0.417 e. The minimum atomic E-state index is -2.09. The number of rotatable bonds is 13. The third kappa shape index (κ3) is 8.35. The Morgan fingerprint density at radius 3 is 2.34 bits per heavy atom. The van der Waals surface area contributed by atoms with Gasteiger partial charge < -0.3 is 28.1 Å². The fraction of sp³-hybridized carbons (Fsp3) is 0.625. The van der Waals surface area contributed by atoms with Crippen molar-refractivity contribution < 1.29 is 43.0 Å². The predicted octanol–water partition coefficient (Wildman–Crippen LogP) is 8.27. The maximum atomic E-state index is 14.3. The summed E-state index contributed by atoms with van der Waals surface area (Å²) in [7, 11) is -0.548. The number of hydrogen-bond donors (Lipinski definition) is 1. The van der Waals surface area contributed by atoms with Crippen LogP contribution in [0.2, 0.25) is 18.1 Å². The third-order valence-corrected chi connectivity index (χ3v) is 16.3. The van der Waals surface area contributed by atoms with Gasteiger partial charge in [-0.1, -0.05) is 107 Å². The second-order valence-corrected chi connectivity index (χ2v) is 21.0. The lowest BCUT2D eigenvalue weighted by molar-refractivity contribution is -0.325. The Kier molecular flexibility index (Phi) is 12.6. The number of ether oxygens (including phenoxy) is 5. The Morgan fingerprint density at radius 1 is 1.02 bits per heavy atom. The zero-order chi connectivity index (χ0) is 36.2. The predicted molar refractivity (Wildman–Crippen MR) is 194 cm³/mol. The van der Waals surface area contributed by atoms with Crippen molar-refractivity contribution >= 4 is 14.1 Å². The van der Waals surface area contributed by atoms with Gasteiger partial charge in [0.15, 0.2) is 26.5 Å². The summed E-state index contributed by atoms with van der Waals surface area (Å²) in [6, 6.07) is 20.0. The van der Waals surface area contributed by atoms with Gasteiger partial charge in [0, 0.05) is 31.1 Å². The second kappa shape index (κ2) is 16.2. The Bertz CT molecular complexity index is 1420. The van der Waals surface area contributed by atoms with Crippen LogP contribution in [-0.4, -0.2) is 70.4 Å². The Balaban J connectivity index is 1.60. The summed E-state index contributed by atoms with van der Waals surface area (Å²) in [6.45, 7) is 16.5. The van der Waals surface area contributed by atoms with E-state index in [2.05, 4.69) is 53.8 Å². The molecule has 7 atom stereocenters. The van der Waals surface area contributed by atoms with Crippen LogP contribution in [-0.2, 0) is 44.4 Å². The third-order valence-electron chi connectivity index (χ3n) is 11.8. The van der Waals surface area contributed by atoms with Crippen LogP contribution in [0.1, 0.15) is 77.7 Å². The standard InChI is InChI=1S/C40H58O9Si/c1-38(2,3)50(7,8)47-22-21-34-40(46-25-28-15-11-9-12-16-28,26-44-37(48-34)29-17-13-10-14-18-29)31-23-30-19-20-32(39(30,4)5)36(45-27-43-6)35(41)33(24-31)49-42/h9-18,23,31-34,36-37,42H,19-22,24-27H2,1-8H3/b30-23+/t31-,32+,33+,34-,36+,37+,40+/m0/s1. The molecule has 1 heterocycles. The Hall–Kier alpha value is -2.25. The number of hydrogen-bond acceptors (Lipinski definition) is 9. The summed E-state index contributed by atoms with van der Waals surface area (Å²) in [5.74, 6) is -0.861. The SMILES string of the molecule is COCO[C@H]1C(=O)[C@H](OO)C[C@@H]([C@]2(OCc3ccccc3)CO[C@@H](c3ccccc3)O[C@H]2CCO[Si](C)(C)C(C)(C)C)/C=C2\CC[C@H]1C2(C)C. The van der Waals surface area contributed by atoms with E-state index in [4.69, 9.17) is 33.0 Å². The highest BCUT2D eigenvalue weighted by Gasteiger charge is 2.56. The first-order valence-corrected chi connectivity index (χ1v) is 20.9. The largest absolute Gasteiger partial charge is 0.417 e. The van der Waals surface area contributed by atoms with Gasteiger partial charge in [0.05, 0.1) is 19.3 Å². The maximum absolute atomic E-state index is 14.3. The summed E-state index contributed by atoms with van der Waals surface area (Å²) < 4.78 is 38.8. The molecule has 9 nitrogen and oxygen atoms in total. The van der Waals surface area contributed by atoms with Crippen molar-refractivity contribution in [3.8, 4) is 0 Å². The quantitative estimate of drug-likeness (QED) is 0.0724. The molecule has 1 aliphatic heterocycles. The first kappa shape index (κ1) is 39.0. The molecule has 1 saturated heterocycles. The van der Waals surface area contributed by atoms with Gasteiger partial charge in [-0.25, -0.2) is 4.89 Å². The van der Waals surface area contributed by atoms with Crippen LogP contribution < -0.4 is 0 Å². The lowest BCUT2D eigenvalue weighted by Crippen LogP contribution is -2.60. The molecule has 0 radical (unpaired) electrons.